The van der Waals surface area contributed by atoms with Crippen molar-refractivity contribution < 1.29 is 9.18 Å². The van der Waals surface area contributed by atoms with Crippen LogP contribution in [0.1, 0.15) is 31.5 Å². The number of carbonyl (C=O) groups is 1. The third-order valence-electron chi connectivity index (χ3n) is 8.16. The van der Waals surface area contributed by atoms with Gasteiger partial charge < -0.3 is 0 Å². The zero-order valence-electron chi connectivity index (χ0n) is 20.8. The van der Waals surface area contributed by atoms with E-state index in [2.05, 4.69) is 37.3 Å². The third-order valence-corrected chi connectivity index (χ3v) is 8.16. The molecule has 1 heterocycles. The van der Waals surface area contributed by atoms with Crippen LogP contribution in [-0.2, 0) is 16.6 Å². The molecule has 0 fully saturated rings. The fraction of sp³-hybridized carbons (Fsp3) is 0.219. The maximum atomic E-state index is 15.2. The van der Waals surface area contributed by atoms with Gasteiger partial charge in [-0.1, -0.05) is 74.5 Å². The minimum atomic E-state index is -0.596. The molecule has 4 nitrogen and oxygen atoms in total. The lowest BCUT2D eigenvalue weighted by molar-refractivity contribution is -0.121. The Morgan fingerprint density at radius 1 is 1.00 bits per heavy atom. The van der Waals surface area contributed by atoms with Crippen LogP contribution in [-0.4, -0.2) is 15.6 Å². The van der Waals surface area contributed by atoms with Crippen LogP contribution in [0.25, 0.3) is 28.1 Å². The lowest BCUT2D eigenvalue weighted by atomic mass is 9.58. The van der Waals surface area contributed by atoms with E-state index < -0.39 is 5.41 Å². The van der Waals surface area contributed by atoms with E-state index in [9.17, 15) is 10.1 Å². The molecule has 37 heavy (non-hydrogen) atoms. The number of hydrogen-bond acceptors (Lipinski definition) is 3. The number of aromatic nitrogens is 2. The Bertz CT molecular complexity index is 1590. The summed E-state index contributed by atoms with van der Waals surface area (Å²) in [5.74, 6) is -0.648. The lowest BCUT2D eigenvalue weighted by Crippen LogP contribution is -2.45. The van der Waals surface area contributed by atoms with Crippen molar-refractivity contribution in [3.8, 4) is 34.1 Å². The van der Waals surface area contributed by atoms with Gasteiger partial charge >= 0.3 is 0 Å². The second kappa shape index (κ2) is 8.67. The van der Waals surface area contributed by atoms with Crippen molar-refractivity contribution in [2.75, 3.05) is 0 Å². The molecule has 0 saturated heterocycles. The van der Waals surface area contributed by atoms with Gasteiger partial charge in [0.1, 0.15) is 11.9 Å². The van der Waals surface area contributed by atoms with Crippen molar-refractivity contribution in [3.05, 3.63) is 108 Å². The zero-order chi connectivity index (χ0) is 25.7. The second-order valence-corrected chi connectivity index (χ2v) is 10.2. The molecular weight excluding hydrogens is 461 g/mol. The molecule has 0 unspecified atom stereocenters. The van der Waals surface area contributed by atoms with Gasteiger partial charge in [-0.15, -0.1) is 0 Å². The van der Waals surface area contributed by atoms with Gasteiger partial charge in [-0.05, 0) is 54.2 Å². The number of nitriles is 1. The highest BCUT2D eigenvalue weighted by molar-refractivity contribution is 6.02. The van der Waals surface area contributed by atoms with Crippen molar-refractivity contribution in [2.45, 2.75) is 32.1 Å². The maximum Gasteiger partial charge on any atom is 0.176 e. The fourth-order valence-corrected chi connectivity index (χ4v) is 6.27. The zero-order valence-corrected chi connectivity index (χ0v) is 20.8. The number of nitrogens with zero attached hydrogens (tertiary/aromatic N) is 3. The monoisotopic (exact) mass is 487 g/mol. The van der Waals surface area contributed by atoms with E-state index in [0.29, 0.717) is 12.0 Å². The smallest absolute Gasteiger partial charge is 0.176 e. The normalized spacial score (nSPS) is 22.5. The molecule has 4 aromatic rings. The fourth-order valence-electron chi connectivity index (χ4n) is 6.27. The van der Waals surface area contributed by atoms with Gasteiger partial charge in [0, 0.05) is 22.5 Å². The van der Waals surface area contributed by atoms with Gasteiger partial charge in [-0.2, -0.15) is 10.4 Å². The summed E-state index contributed by atoms with van der Waals surface area (Å²) in [6, 6.07) is 27.2. The minimum Gasteiger partial charge on any atom is -0.293 e. The van der Waals surface area contributed by atoms with E-state index in [-0.39, 0.29) is 29.0 Å². The highest BCUT2D eigenvalue weighted by Crippen LogP contribution is 2.51. The van der Waals surface area contributed by atoms with Crippen LogP contribution in [0.15, 0.2) is 90.5 Å². The summed E-state index contributed by atoms with van der Waals surface area (Å²) in [6.07, 6.45) is 3.26. The van der Waals surface area contributed by atoms with Crippen molar-refractivity contribution >= 4 is 5.78 Å². The molecule has 0 saturated carbocycles. The van der Waals surface area contributed by atoms with E-state index >= 15 is 4.39 Å². The molecule has 0 aliphatic heterocycles. The molecule has 2 aliphatic carbocycles. The van der Waals surface area contributed by atoms with E-state index in [1.54, 1.807) is 18.2 Å². The Labute approximate surface area is 215 Å². The minimum absolute atomic E-state index is 0.0295. The average molecular weight is 488 g/mol. The summed E-state index contributed by atoms with van der Waals surface area (Å²) in [6.45, 7) is 3.98. The number of benzene rings is 3. The van der Waals surface area contributed by atoms with E-state index in [0.717, 1.165) is 40.2 Å². The summed E-state index contributed by atoms with van der Waals surface area (Å²) in [5, 5.41) is 14.8. The molecule has 2 aliphatic rings. The van der Waals surface area contributed by atoms with Gasteiger partial charge in [0.05, 0.1) is 22.6 Å². The molecule has 182 valence electrons. The van der Waals surface area contributed by atoms with E-state index in [1.165, 1.54) is 6.07 Å². The van der Waals surface area contributed by atoms with Gasteiger partial charge in [0.2, 0.25) is 0 Å². The third kappa shape index (κ3) is 3.55. The van der Waals surface area contributed by atoms with Crippen molar-refractivity contribution in [3.63, 3.8) is 0 Å². The van der Waals surface area contributed by atoms with E-state index in [4.69, 9.17) is 5.10 Å². The molecule has 0 amide bonds. The molecule has 0 spiro atoms. The lowest BCUT2D eigenvalue weighted by Gasteiger charge is -2.44. The van der Waals surface area contributed by atoms with Crippen molar-refractivity contribution in [1.29, 1.82) is 5.26 Å². The van der Waals surface area contributed by atoms with E-state index in [1.807, 2.05) is 48.0 Å². The number of halogens is 1. The number of ketones is 1. The number of allylic oxidation sites excluding steroid dienone is 2. The largest absolute Gasteiger partial charge is 0.293 e. The Kier molecular flexibility index (Phi) is 5.42. The van der Waals surface area contributed by atoms with Crippen LogP contribution in [0.4, 0.5) is 4.39 Å². The first-order chi connectivity index (χ1) is 17.9. The summed E-state index contributed by atoms with van der Waals surface area (Å²) in [7, 11) is 0. The van der Waals surface area contributed by atoms with Gasteiger partial charge in [-0.25, -0.2) is 9.07 Å². The first-order valence-electron chi connectivity index (χ1n) is 12.6. The first-order valence-corrected chi connectivity index (χ1v) is 12.6. The highest BCUT2D eigenvalue weighted by Gasteiger charge is 2.50. The Hall–Kier alpha value is -4.30. The number of carbonyl (C=O) groups excluding carboxylic acids is 1. The SMILES string of the molecule is C[C@H]1C(=O)C(C#N)=C[C@@]2(C)c3nn(-c4ccc(-c5ccccc5)cc4)c(-c4ccccc4F)c3CC[C@H]12. The average Bonchev–Trinajstić information content (AvgIpc) is 3.32. The maximum absolute atomic E-state index is 15.2. The molecule has 1 aromatic heterocycles. The molecule has 0 bridgehead atoms. The predicted octanol–water partition coefficient (Wildman–Crippen LogP) is 6.83. The number of hydrogen-bond donors (Lipinski definition) is 0. The quantitative estimate of drug-likeness (QED) is 0.318. The molecule has 0 radical (unpaired) electrons. The molecular formula is C32H26FN3O. The topological polar surface area (TPSA) is 58.7 Å². The Morgan fingerprint density at radius 2 is 1.68 bits per heavy atom. The summed E-state index contributed by atoms with van der Waals surface area (Å²) in [5.41, 5.74) is 5.65. The van der Waals surface area contributed by atoms with Crippen LogP contribution < -0.4 is 0 Å². The standard InChI is InChI=1S/C32H26FN3O/c1-20-27-17-16-26-29(25-10-6-7-11-28(25)33)36(35-31(26)32(27,2)18-23(19-34)30(20)37)24-14-12-22(13-15-24)21-8-4-3-5-9-21/h3-15,18,20,27H,16-17H2,1-2H3/t20-,27-,32-/m1/s1. The number of Topliss-reactive ketones (excluding diaryl/α,β-unsaturated/α-hetero) is 1. The van der Waals surface area contributed by atoms with Crippen LogP contribution in [0.3, 0.4) is 0 Å². The molecule has 6 rings (SSSR count). The van der Waals surface area contributed by atoms with Crippen LogP contribution >= 0.6 is 0 Å². The number of fused-ring (bicyclic) bond motifs is 3. The number of rotatable bonds is 3. The van der Waals surface area contributed by atoms with Gasteiger partial charge in [0.25, 0.3) is 0 Å². The highest BCUT2D eigenvalue weighted by atomic mass is 19.1. The predicted molar refractivity (Wildman–Crippen MR) is 141 cm³/mol. The second-order valence-electron chi connectivity index (χ2n) is 10.2. The molecule has 5 heteroatoms. The molecule has 3 aromatic carbocycles. The van der Waals surface area contributed by atoms with Crippen molar-refractivity contribution in [1.82, 2.24) is 9.78 Å². The summed E-state index contributed by atoms with van der Waals surface area (Å²) in [4.78, 5) is 12.8. The van der Waals surface area contributed by atoms with Crippen molar-refractivity contribution in [2.24, 2.45) is 11.8 Å². The molecule has 0 N–H and O–H groups in total. The Balaban J connectivity index is 1.57. The first kappa shape index (κ1) is 23.1. The summed E-state index contributed by atoms with van der Waals surface area (Å²) >= 11 is 0. The van der Waals surface area contributed by atoms with Crippen LogP contribution in [0.5, 0.6) is 0 Å². The van der Waals surface area contributed by atoms with Gasteiger partial charge in [-0.3, -0.25) is 4.79 Å². The Morgan fingerprint density at radius 3 is 2.38 bits per heavy atom. The molecule has 3 atom stereocenters. The summed E-state index contributed by atoms with van der Waals surface area (Å²) < 4.78 is 17.1. The van der Waals surface area contributed by atoms with Crippen LogP contribution in [0, 0.1) is 29.0 Å². The van der Waals surface area contributed by atoms with Crippen LogP contribution in [0.2, 0.25) is 0 Å². The van der Waals surface area contributed by atoms with Gasteiger partial charge in [0.15, 0.2) is 5.78 Å².